The third kappa shape index (κ3) is 2.16. The SMILES string of the molecule is COCn1cc(C(N)=O)ccc1=O. The highest BCUT2D eigenvalue weighted by Gasteiger charge is 2.02. The van der Waals surface area contributed by atoms with Crippen LogP contribution in [0.3, 0.4) is 0 Å². The minimum absolute atomic E-state index is 0.111. The average molecular weight is 182 g/mol. The first-order valence-electron chi connectivity index (χ1n) is 3.64. The summed E-state index contributed by atoms with van der Waals surface area (Å²) in [5.74, 6) is -0.565. The van der Waals surface area contributed by atoms with Gasteiger partial charge in [0.1, 0.15) is 6.73 Å². The van der Waals surface area contributed by atoms with E-state index in [-0.39, 0.29) is 17.9 Å². The van der Waals surface area contributed by atoms with Crippen LogP contribution < -0.4 is 11.3 Å². The molecule has 1 aromatic heterocycles. The Hall–Kier alpha value is -1.62. The van der Waals surface area contributed by atoms with Crippen molar-refractivity contribution < 1.29 is 9.53 Å². The van der Waals surface area contributed by atoms with E-state index in [4.69, 9.17) is 10.5 Å². The molecule has 5 nitrogen and oxygen atoms in total. The molecule has 2 N–H and O–H groups in total. The number of primary amides is 1. The number of ether oxygens (including phenoxy) is 1. The Balaban J connectivity index is 3.11. The second kappa shape index (κ2) is 3.86. The lowest BCUT2D eigenvalue weighted by Gasteiger charge is -2.04. The van der Waals surface area contributed by atoms with Gasteiger partial charge in [-0.1, -0.05) is 0 Å². The highest BCUT2D eigenvalue weighted by Crippen LogP contribution is 1.93. The number of carbonyl (C=O) groups is 1. The predicted octanol–water partition coefficient (Wildman–Crippen LogP) is -0.449. The van der Waals surface area contributed by atoms with Crippen molar-refractivity contribution in [3.8, 4) is 0 Å². The second-order valence-electron chi connectivity index (χ2n) is 2.51. The van der Waals surface area contributed by atoms with Gasteiger partial charge in [-0.3, -0.25) is 14.2 Å². The summed E-state index contributed by atoms with van der Waals surface area (Å²) in [7, 11) is 1.46. The van der Waals surface area contributed by atoms with Gasteiger partial charge in [-0.15, -0.1) is 0 Å². The maximum Gasteiger partial charge on any atom is 0.252 e. The molecular formula is C8H10N2O3. The van der Waals surface area contributed by atoms with E-state index >= 15 is 0 Å². The zero-order valence-electron chi connectivity index (χ0n) is 7.19. The number of carbonyl (C=O) groups excluding carboxylic acids is 1. The van der Waals surface area contributed by atoms with Crippen molar-refractivity contribution in [1.82, 2.24) is 4.57 Å². The minimum atomic E-state index is -0.565. The molecule has 0 fully saturated rings. The molecule has 0 bridgehead atoms. The number of rotatable bonds is 3. The van der Waals surface area contributed by atoms with Crippen LogP contribution in [0.2, 0.25) is 0 Å². The Labute approximate surface area is 74.7 Å². The summed E-state index contributed by atoms with van der Waals surface area (Å²) in [6.45, 7) is 0.111. The Bertz CT molecular complexity index is 370. The van der Waals surface area contributed by atoms with Gasteiger partial charge in [0.15, 0.2) is 0 Å². The fourth-order valence-electron chi connectivity index (χ4n) is 0.917. The number of aromatic nitrogens is 1. The van der Waals surface area contributed by atoms with E-state index in [9.17, 15) is 9.59 Å². The normalized spacial score (nSPS) is 9.92. The average Bonchev–Trinajstić information content (AvgIpc) is 2.08. The molecular weight excluding hydrogens is 172 g/mol. The lowest BCUT2D eigenvalue weighted by atomic mass is 10.3. The van der Waals surface area contributed by atoms with Crippen LogP contribution >= 0.6 is 0 Å². The molecule has 0 saturated carbocycles. The highest BCUT2D eigenvalue weighted by atomic mass is 16.5. The summed E-state index contributed by atoms with van der Waals surface area (Å²) in [5, 5.41) is 0. The summed E-state index contributed by atoms with van der Waals surface area (Å²) in [6, 6.07) is 2.66. The zero-order chi connectivity index (χ0) is 9.84. The van der Waals surface area contributed by atoms with Gasteiger partial charge in [-0.25, -0.2) is 0 Å². The summed E-state index contributed by atoms with van der Waals surface area (Å²) >= 11 is 0. The van der Waals surface area contributed by atoms with E-state index in [1.807, 2.05) is 0 Å². The number of hydrogen-bond donors (Lipinski definition) is 1. The van der Waals surface area contributed by atoms with E-state index < -0.39 is 5.91 Å². The Morgan fingerprint density at radius 2 is 2.31 bits per heavy atom. The van der Waals surface area contributed by atoms with Gasteiger partial charge in [0, 0.05) is 19.4 Å². The lowest BCUT2D eigenvalue weighted by Crippen LogP contribution is -2.22. The van der Waals surface area contributed by atoms with Crippen molar-refractivity contribution in [1.29, 1.82) is 0 Å². The van der Waals surface area contributed by atoms with Gasteiger partial charge < -0.3 is 10.5 Å². The molecule has 0 radical (unpaired) electrons. The molecule has 0 saturated heterocycles. The zero-order valence-corrected chi connectivity index (χ0v) is 7.19. The first-order valence-corrected chi connectivity index (χ1v) is 3.64. The number of hydrogen-bond acceptors (Lipinski definition) is 3. The topological polar surface area (TPSA) is 74.3 Å². The molecule has 13 heavy (non-hydrogen) atoms. The molecule has 5 heteroatoms. The van der Waals surface area contributed by atoms with E-state index in [0.717, 1.165) is 0 Å². The maximum absolute atomic E-state index is 11.1. The number of amides is 1. The van der Waals surface area contributed by atoms with Crippen molar-refractivity contribution in [3.63, 3.8) is 0 Å². The fourth-order valence-corrected chi connectivity index (χ4v) is 0.917. The third-order valence-electron chi connectivity index (χ3n) is 1.54. The van der Waals surface area contributed by atoms with Crippen molar-refractivity contribution >= 4 is 5.91 Å². The highest BCUT2D eigenvalue weighted by molar-refractivity contribution is 5.92. The molecule has 1 rings (SSSR count). The van der Waals surface area contributed by atoms with Crippen LogP contribution in [-0.4, -0.2) is 17.6 Å². The lowest BCUT2D eigenvalue weighted by molar-refractivity contribution is 0.0996. The Morgan fingerprint density at radius 3 is 2.85 bits per heavy atom. The summed E-state index contributed by atoms with van der Waals surface area (Å²) in [5.41, 5.74) is 5.09. The first-order chi connectivity index (χ1) is 6.15. The molecule has 1 heterocycles. The fraction of sp³-hybridized carbons (Fsp3) is 0.250. The van der Waals surface area contributed by atoms with Gasteiger partial charge in [0.2, 0.25) is 5.91 Å². The van der Waals surface area contributed by atoms with Crippen LogP contribution in [0.5, 0.6) is 0 Å². The van der Waals surface area contributed by atoms with E-state index in [1.165, 1.54) is 30.0 Å². The molecule has 0 aliphatic heterocycles. The monoisotopic (exact) mass is 182 g/mol. The Kier molecular flexibility index (Phi) is 2.81. The summed E-state index contributed by atoms with van der Waals surface area (Å²) in [4.78, 5) is 21.8. The Morgan fingerprint density at radius 1 is 1.62 bits per heavy atom. The van der Waals surface area contributed by atoms with Crippen LogP contribution in [0.4, 0.5) is 0 Å². The van der Waals surface area contributed by atoms with Crippen LogP contribution in [0, 0.1) is 0 Å². The summed E-state index contributed by atoms with van der Waals surface area (Å²) < 4.78 is 6.02. The van der Waals surface area contributed by atoms with E-state index in [1.54, 1.807) is 0 Å². The van der Waals surface area contributed by atoms with Crippen LogP contribution in [-0.2, 0) is 11.5 Å². The molecule has 0 aliphatic rings. The molecule has 0 aliphatic carbocycles. The largest absolute Gasteiger partial charge is 0.366 e. The van der Waals surface area contributed by atoms with Crippen molar-refractivity contribution in [2.24, 2.45) is 5.73 Å². The number of methoxy groups -OCH3 is 1. The molecule has 0 spiro atoms. The first kappa shape index (κ1) is 9.47. The molecule has 1 amide bonds. The third-order valence-corrected chi connectivity index (χ3v) is 1.54. The number of pyridine rings is 1. The van der Waals surface area contributed by atoms with Gasteiger partial charge in [-0.2, -0.15) is 0 Å². The predicted molar refractivity (Wildman–Crippen MR) is 46.2 cm³/mol. The van der Waals surface area contributed by atoms with Crippen LogP contribution in [0.15, 0.2) is 23.1 Å². The second-order valence-corrected chi connectivity index (χ2v) is 2.51. The molecule has 0 atom stereocenters. The maximum atomic E-state index is 11.1. The van der Waals surface area contributed by atoms with Crippen LogP contribution in [0.25, 0.3) is 0 Å². The van der Waals surface area contributed by atoms with Crippen LogP contribution in [0.1, 0.15) is 10.4 Å². The van der Waals surface area contributed by atoms with Gasteiger partial charge in [-0.05, 0) is 6.07 Å². The molecule has 0 aromatic carbocycles. The van der Waals surface area contributed by atoms with Gasteiger partial charge in [0.05, 0.1) is 5.56 Å². The van der Waals surface area contributed by atoms with Crippen molar-refractivity contribution in [3.05, 3.63) is 34.2 Å². The van der Waals surface area contributed by atoms with E-state index in [0.29, 0.717) is 0 Å². The molecule has 0 unspecified atom stereocenters. The quantitative estimate of drug-likeness (QED) is 0.688. The molecule has 70 valence electrons. The molecule has 1 aromatic rings. The van der Waals surface area contributed by atoms with E-state index in [2.05, 4.69) is 0 Å². The number of nitrogens with two attached hydrogens (primary N) is 1. The van der Waals surface area contributed by atoms with Gasteiger partial charge >= 0.3 is 0 Å². The summed E-state index contributed by atoms with van der Waals surface area (Å²) in [6.07, 6.45) is 1.37. The minimum Gasteiger partial charge on any atom is -0.366 e. The smallest absolute Gasteiger partial charge is 0.252 e. The van der Waals surface area contributed by atoms with Gasteiger partial charge in [0.25, 0.3) is 5.56 Å². The van der Waals surface area contributed by atoms with Crippen molar-refractivity contribution in [2.45, 2.75) is 6.73 Å². The number of nitrogens with zero attached hydrogens (tertiary/aromatic N) is 1. The van der Waals surface area contributed by atoms with Crippen molar-refractivity contribution in [2.75, 3.05) is 7.11 Å². The standard InChI is InChI=1S/C8H10N2O3/c1-13-5-10-4-6(8(9)12)2-3-7(10)11/h2-4H,5H2,1H3,(H2,9,12).